The van der Waals surface area contributed by atoms with Crippen molar-refractivity contribution in [2.24, 2.45) is 0 Å². The standard InChI is InChI=1S/C15H15ClINO/c1-2-14(10-3-6-12(19)7-4-10)18-15-8-5-11(16)9-13(15)17/h3-9,14,18-19H,2H2,1H3. The van der Waals surface area contributed by atoms with Gasteiger partial charge in [0.1, 0.15) is 5.75 Å². The highest BCUT2D eigenvalue weighted by Crippen LogP contribution is 2.28. The molecule has 19 heavy (non-hydrogen) atoms. The molecule has 0 heterocycles. The molecule has 0 aliphatic carbocycles. The molecule has 2 N–H and O–H groups in total. The number of rotatable bonds is 4. The summed E-state index contributed by atoms with van der Waals surface area (Å²) in [5, 5.41) is 13.6. The SMILES string of the molecule is CCC(Nc1ccc(Cl)cc1I)c1ccc(O)cc1. The van der Waals surface area contributed by atoms with Crippen LogP contribution in [-0.4, -0.2) is 5.11 Å². The lowest BCUT2D eigenvalue weighted by atomic mass is 10.0. The van der Waals surface area contributed by atoms with Crippen LogP contribution in [0.5, 0.6) is 5.75 Å². The molecule has 0 saturated carbocycles. The number of anilines is 1. The zero-order chi connectivity index (χ0) is 13.8. The second kappa shape index (κ2) is 6.48. The Hall–Kier alpha value is -0.940. The molecule has 0 aliphatic rings. The first-order chi connectivity index (χ1) is 9.10. The molecule has 0 radical (unpaired) electrons. The first-order valence-electron chi connectivity index (χ1n) is 6.10. The Labute approximate surface area is 131 Å². The first kappa shape index (κ1) is 14.5. The van der Waals surface area contributed by atoms with Crippen molar-refractivity contribution >= 4 is 39.9 Å². The van der Waals surface area contributed by atoms with Crippen molar-refractivity contribution in [2.75, 3.05) is 5.32 Å². The van der Waals surface area contributed by atoms with Gasteiger partial charge in [-0.25, -0.2) is 0 Å². The Morgan fingerprint density at radius 2 is 1.89 bits per heavy atom. The fourth-order valence-electron chi connectivity index (χ4n) is 1.92. The van der Waals surface area contributed by atoms with E-state index in [9.17, 15) is 5.11 Å². The predicted molar refractivity (Wildman–Crippen MR) is 88.9 cm³/mol. The third-order valence-electron chi connectivity index (χ3n) is 2.96. The van der Waals surface area contributed by atoms with Gasteiger partial charge in [0.2, 0.25) is 0 Å². The molecule has 1 unspecified atom stereocenters. The number of hydrogen-bond acceptors (Lipinski definition) is 2. The van der Waals surface area contributed by atoms with Crippen LogP contribution >= 0.6 is 34.2 Å². The Morgan fingerprint density at radius 3 is 2.47 bits per heavy atom. The lowest BCUT2D eigenvalue weighted by molar-refractivity contribution is 0.475. The molecule has 0 spiro atoms. The number of phenolic OH excluding ortho intramolecular Hbond substituents is 1. The normalized spacial score (nSPS) is 12.2. The van der Waals surface area contributed by atoms with Gasteiger partial charge in [-0.3, -0.25) is 0 Å². The van der Waals surface area contributed by atoms with Crippen molar-refractivity contribution in [1.82, 2.24) is 0 Å². The summed E-state index contributed by atoms with van der Waals surface area (Å²) >= 11 is 8.23. The Morgan fingerprint density at radius 1 is 1.21 bits per heavy atom. The van der Waals surface area contributed by atoms with Crippen LogP contribution in [-0.2, 0) is 0 Å². The molecule has 0 aliphatic heterocycles. The Balaban J connectivity index is 2.21. The molecular formula is C15H15ClINO. The van der Waals surface area contributed by atoms with E-state index >= 15 is 0 Å². The first-order valence-corrected chi connectivity index (χ1v) is 7.56. The van der Waals surface area contributed by atoms with E-state index in [1.807, 2.05) is 30.3 Å². The van der Waals surface area contributed by atoms with Crippen LogP contribution in [0, 0.1) is 3.57 Å². The van der Waals surface area contributed by atoms with Crippen molar-refractivity contribution in [2.45, 2.75) is 19.4 Å². The third-order valence-corrected chi connectivity index (χ3v) is 4.09. The van der Waals surface area contributed by atoms with E-state index in [0.717, 1.165) is 26.3 Å². The summed E-state index contributed by atoms with van der Waals surface area (Å²) in [4.78, 5) is 0. The van der Waals surface area contributed by atoms with Gasteiger partial charge < -0.3 is 10.4 Å². The van der Waals surface area contributed by atoms with Crippen LogP contribution in [0.4, 0.5) is 5.69 Å². The summed E-state index contributed by atoms with van der Waals surface area (Å²) < 4.78 is 1.10. The topological polar surface area (TPSA) is 32.3 Å². The lowest BCUT2D eigenvalue weighted by Gasteiger charge is -2.20. The number of phenols is 1. The van der Waals surface area contributed by atoms with Gasteiger partial charge >= 0.3 is 0 Å². The molecule has 0 fully saturated rings. The smallest absolute Gasteiger partial charge is 0.115 e. The molecule has 1 atom stereocenters. The van der Waals surface area contributed by atoms with Crippen LogP contribution in [0.3, 0.4) is 0 Å². The zero-order valence-electron chi connectivity index (χ0n) is 10.5. The fraction of sp³-hybridized carbons (Fsp3) is 0.200. The van der Waals surface area contributed by atoms with Crippen LogP contribution in [0.25, 0.3) is 0 Å². The van der Waals surface area contributed by atoms with Crippen molar-refractivity contribution < 1.29 is 5.11 Å². The highest BCUT2D eigenvalue weighted by molar-refractivity contribution is 14.1. The molecule has 100 valence electrons. The van der Waals surface area contributed by atoms with Crippen molar-refractivity contribution in [3.05, 3.63) is 56.6 Å². The van der Waals surface area contributed by atoms with Gasteiger partial charge in [0, 0.05) is 14.3 Å². The van der Waals surface area contributed by atoms with Gasteiger partial charge in [-0.1, -0.05) is 30.7 Å². The van der Waals surface area contributed by atoms with Gasteiger partial charge in [-0.15, -0.1) is 0 Å². The van der Waals surface area contributed by atoms with Gasteiger partial charge in [-0.05, 0) is 64.9 Å². The maximum Gasteiger partial charge on any atom is 0.115 e. The number of hydrogen-bond donors (Lipinski definition) is 2. The molecule has 2 aromatic rings. The van der Waals surface area contributed by atoms with Crippen LogP contribution < -0.4 is 5.32 Å². The molecule has 0 aromatic heterocycles. The molecule has 0 amide bonds. The van der Waals surface area contributed by atoms with Crippen molar-refractivity contribution in [3.63, 3.8) is 0 Å². The highest BCUT2D eigenvalue weighted by Gasteiger charge is 2.11. The molecule has 4 heteroatoms. The summed E-state index contributed by atoms with van der Waals surface area (Å²) in [5.74, 6) is 0.291. The molecular weight excluding hydrogens is 373 g/mol. The molecule has 2 nitrogen and oxygen atoms in total. The van der Waals surface area contributed by atoms with Crippen LogP contribution in [0.15, 0.2) is 42.5 Å². The summed E-state index contributed by atoms with van der Waals surface area (Å²) in [5.41, 5.74) is 2.23. The average molecular weight is 388 g/mol. The molecule has 0 saturated heterocycles. The van der Waals surface area contributed by atoms with Crippen molar-refractivity contribution in [1.29, 1.82) is 0 Å². The number of halogens is 2. The summed E-state index contributed by atoms with van der Waals surface area (Å²) in [6, 6.07) is 13.4. The van der Waals surface area contributed by atoms with E-state index in [1.165, 1.54) is 0 Å². The van der Waals surface area contributed by atoms with Gasteiger partial charge in [0.25, 0.3) is 0 Å². The number of aromatic hydroxyl groups is 1. The predicted octanol–water partition coefficient (Wildman–Crippen LogP) is 5.21. The maximum atomic E-state index is 9.34. The quantitative estimate of drug-likeness (QED) is 0.706. The largest absolute Gasteiger partial charge is 0.508 e. The number of nitrogens with one attached hydrogen (secondary N) is 1. The van der Waals surface area contributed by atoms with Gasteiger partial charge in [0.05, 0.1) is 6.04 Å². The Bertz CT molecular complexity index is 557. The average Bonchev–Trinajstić information content (AvgIpc) is 2.39. The fourth-order valence-corrected chi connectivity index (χ4v) is 2.95. The molecule has 2 rings (SSSR count). The van der Waals surface area contributed by atoms with E-state index in [2.05, 4.69) is 34.8 Å². The van der Waals surface area contributed by atoms with Crippen LogP contribution in [0.1, 0.15) is 24.9 Å². The molecule has 0 bridgehead atoms. The van der Waals surface area contributed by atoms with E-state index < -0.39 is 0 Å². The minimum Gasteiger partial charge on any atom is -0.508 e. The summed E-state index contributed by atoms with van der Waals surface area (Å²) in [6.07, 6.45) is 0.962. The summed E-state index contributed by atoms with van der Waals surface area (Å²) in [7, 11) is 0. The Kier molecular flexibility index (Phi) is 4.93. The van der Waals surface area contributed by atoms with Gasteiger partial charge in [0.15, 0.2) is 0 Å². The van der Waals surface area contributed by atoms with Crippen LogP contribution in [0.2, 0.25) is 5.02 Å². The van der Waals surface area contributed by atoms with E-state index in [1.54, 1.807) is 12.1 Å². The maximum absolute atomic E-state index is 9.34. The van der Waals surface area contributed by atoms with E-state index in [4.69, 9.17) is 11.6 Å². The van der Waals surface area contributed by atoms with Crippen molar-refractivity contribution in [3.8, 4) is 5.75 Å². The second-order valence-corrected chi connectivity index (χ2v) is 5.92. The minimum atomic E-state index is 0.218. The van der Waals surface area contributed by atoms with E-state index in [-0.39, 0.29) is 6.04 Å². The number of benzene rings is 2. The second-order valence-electron chi connectivity index (χ2n) is 4.32. The minimum absolute atomic E-state index is 0.218. The van der Waals surface area contributed by atoms with E-state index in [0.29, 0.717) is 5.75 Å². The monoisotopic (exact) mass is 387 g/mol. The third kappa shape index (κ3) is 3.76. The van der Waals surface area contributed by atoms with Gasteiger partial charge in [-0.2, -0.15) is 0 Å². The molecule has 2 aromatic carbocycles. The lowest BCUT2D eigenvalue weighted by Crippen LogP contribution is -2.10. The zero-order valence-corrected chi connectivity index (χ0v) is 13.4. The highest BCUT2D eigenvalue weighted by atomic mass is 127. The summed E-state index contributed by atoms with van der Waals surface area (Å²) in [6.45, 7) is 2.13.